The minimum absolute atomic E-state index is 0.984. The molecule has 1 rings (SSSR count). The van der Waals surface area contributed by atoms with Crippen LogP contribution in [0, 0.1) is 12.5 Å². The van der Waals surface area contributed by atoms with Gasteiger partial charge in [0, 0.05) is 11.7 Å². The van der Waals surface area contributed by atoms with Gasteiger partial charge in [-0.3, -0.25) is 0 Å². The zero-order chi connectivity index (χ0) is 8.81. The van der Waals surface area contributed by atoms with E-state index < -0.39 is 0 Å². The van der Waals surface area contributed by atoms with Crippen molar-refractivity contribution in [1.82, 2.24) is 0 Å². The second-order valence-electron chi connectivity index (χ2n) is 2.72. The molecule has 1 aromatic carbocycles. The van der Waals surface area contributed by atoms with Crippen LogP contribution in [0.3, 0.4) is 0 Å². The Hall–Kier alpha value is -1.42. The summed E-state index contributed by atoms with van der Waals surface area (Å²) in [5, 5.41) is 2.80. The molecule has 0 aliphatic heterocycles. The van der Waals surface area contributed by atoms with Gasteiger partial charge in [-0.1, -0.05) is 31.9 Å². The van der Waals surface area contributed by atoms with Gasteiger partial charge in [0.15, 0.2) is 0 Å². The van der Waals surface area contributed by atoms with Crippen molar-refractivity contribution in [1.29, 1.82) is 0 Å². The molecule has 1 heteroatoms. The molecule has 62 valence electrons. The Morgan fingerprint density at radius 3 is 2.50 bits per heavy atom. The summed E-state index contributed by atoms with van der Waals surface area (Å²) in [4.78, 5) is 0. The van der Waals surface area contributed by atoms with Crippen molar-refractivity contribution in [2.75, 3.05) is 5.32 Å². The monoisotopic (exact) mass is 159 g/mol. The van der Waals surface area contributed by atoms with Crippen LogP contribution in [0.5, 0.6) is 0 Å². The van der Waals surface area contributed by atoms with Crippen LogP contribution in [0.2, 0.25) is 0 Å². The molecule has 0 saturated carbocycles. The number of terminal acetylenes is 1. The van der Waals surface area contributed by atoms with E-state index in [1.165, 1.54) is 12.0 Å². The maximum atomic E-state index is 5.10. The van der Waals surface area contributed by atoms with Crippen molar-refractivity contribution in [2.24, 2.45) is 0 Å². The molecule has 0 aliphatic carbocycles. The van der Waals surface area contributed by atoms with Crippen LogP contribution in [-0.4, -0.2) is 0 Å². The largest absolute Gasteiger partial charge is 0.315 e. The molecule has 0 saturated heterocycles. The summed E-state index contributed by atoms with van der Waals surface area (Å²) < 4.78 is 0. The molecule has 1 nitrogen and oxygen atoms in total. The fraction of sp³-hybridized carbons (Fsp3) is 0.273. The molecular weight excluding hydrogens is 146 g/mol. The molecule has 0 aromatic heterocycles. The zero-order valence-electron chi connectivity index (χ0n) is 7.30. The van der Waals surface area contributed by atoms with Crippen molar-refractivity contribution in [3.05, 3.63) is 29.8 Å². The lowest BCUT2D eigenvalue weighted by Crippen LogP contribution is -1.88. The van der Waals surface area contributed by atoms with E-state index in [9.17, 15) is 0 Å². The van der Waals surface area contributed by atoms with Gasteiger partial charge in [-0.25, -0.2) is 0 Å². The average molecular weight is 159 g/mol. The number of aryl methyl sites for hydroxylation is 1. The highest BCUT2D eigenvalue weighted by Gasteiger charge is 1.90. The summed E-state index contributed by atoms with van der Waals surface area (Å²) in [6.45, 7) is 2.17. The third-order valence-electron chi connectivity index (χ3n) is 1.71. The van der Waals surface area contributed by atoms with Crippen molar-refractivity contribution in [2.45, 2.75) is 19.8 Å². The first-order chi connectivity index (χ1) is 5.86. The van der Waals surface area contributed by atoms with Crippen LogP contribution in [0.25, 0.3) is 0 Å². The zero-order valence-corrected chi connectivity index (χ0v) is 7.30. The first-order valence-corrected chi connectivity index (χ1v) is 4.17. The molecule has 0 heterocycles. The van der Waals surface area contributed by atoms with Crippen LogP contribution in [-0.2, 0) is 6.42 Å². The molecule has 0 unspecified atom stereocenters. The summed E-state index contributed by atoms with van der Waals surface area (Å²) in [5.41, 5.74) is 2.34. The van der Waals surface area contributed by atoms with Crippen LogP contribution in [0.1, 0.15) is 18.9 Å². The normalized spacial score (nSPS) is 9.00. The molecule has 0 radical (unpaired) electrons. The van der Waals surface area contributed by atoms with E-state index in [0.29, 0.717) is 0 Å². The summed E-state index contributed by atoms with van der Waals surface area (Å²) in [5.74, 6) is 0. The highest BCUT2D eigenvalue weighted by atomic mass is 14.8. The number of hydrogen-bond acceptors (Lipinski definition) is 1. The number of hydrogen-bond donors (Lipinski definition) is 1. The fourth-order valence-corrected chi connectivity index (χ4v) is 1.13. The first kappa shape index (κ1) is 8.67. The van der Waals surface area contributed by atoms with Gasteiger partial charge in [0.2, 0.25) is 0 Å². The molecular formula is C11H13N. The number of anilines is 1. The Morgan fingerprint density at radius 1 is 1.33 bits per heavy atom. The van der Waals surface area contributed by atoms with E-state index in [1.807, 2.05) is 12.1 Å². The number of nitrogens with one attached hydrogen (secondary N) is 1. The van der Waals surface area contributed by atoms with Gasteiger partial charge >= 0.3 is 0 Å². The van der Waals surface area contributed by atoms with Gasteiger partial charge < -0.3 is 5.32 Å². The van der Waals surface area contributed by atoms with Gasteiger partial charge in [0.25, 0.3) is 0 Å². The Bertz CT molecular complexity index is 266. The minimum Gasteiger partial charge on any atom is -0.315 e. The van der Waals surface area contributed by atoms with Crippen LogP contribution in [0.4, 0.5) is 5.69 Å². The van der Waals surface area contributed by atoms with Gasteiger partial charge in [-0.2, -0.15) is 0 Å². The smallest absolute Gasteiger partial charge is 0.0459 e. The fourth-order valence-electron chi connectivity index (χ4n) is 1.13. The standard InChI is InChI=1S/C11H13N/c1-3-5-10-6-8-11(9-7-10)12-4-2/h2,6-9,12H,3,5H2,1H3. The van der Waals surface area contributed by atoms with Gasteiger partial charge in [-0.15, -0.1) is 0 Å². The maximum absolute atomic E-state index is 5.10. The quantitative estimate of drug-likeness (QED) is 0.528. The predicted molar refractivity (Wildman–Crippen MR) is 52.9 cm³/mol. The third-order valence-corrected chi connectivity index (χ3v) is 1.71. The first-order valence-electron chi connectivity index (χ1n) is 4.17. The van der Waals surface area contributed by atoms with Crippen molar-refractivity contribution < 1.29 is 0 Å². The van der Waals surface area contributed by atoms with Gasteiger partial charge in [0.1, 0.15) is 0 Å². The Labute approximate surface area is 73.8 Å². The molecule has 12 heavy (non-hydrogen) atoms. The Balaban J connectivity index is 2.66. The second-order valence-corrected chi connectivity index (χ2v) is 2.72. The summed E-state index contributed by atoms with van der Waals surface area (Å²) in [7, 11) is 0. The van der Waals surface area contributed by atoms with E-state index in [0.717, 1.165) is 12.1 Å². The van der Waals surface area contributed by atoms with Crippen molar-refractivity contribution in [3.63, 3.8) is 0 Å². The molecule has 1 N–H and O–H groups in total. The Morgan fingerprint density at radius 2 is 2.00 bits per heavy atom. The lowest BCUT2D eigenvalue weighted by atomic mass is 10.1. The Kier molecular flexibility index (Phi) is 3.22. The average Bonchev–Trinajstić information content (AvgIpc) is 2.09. The lowest BCUT2D eigenvalue weighted by Gasteiger charge is -2.00. The van der Waals surface area contributed by atoms with Crippen molar-refractivity contribution >= 4 is 5.69 Å². The van der Waals surface area contributed by atoms with Crippen LogP contribution in [0.15, 0.2) is 24.3 Å². The van der Waals surface area contributed by atoms with Crippen molar-refractivity contribution in [3.8, 4) is 12.5 Å². The summed E-state index contributed by atoms with van der Waals surface area (Å²) in [6, 6.07) is 10.6. The highest BCUT2D eigenvalue weighted by Crippen LogP contribution is 2.09. The van der Waals surface area contributed by atoms with Crippen LogP contribution >= 0.6 is 0 Å². The number of rotatable bonds is 3. The molecule has 1 aromatic rings. The van der Waals surface area contributed by atoms with E-state index in [1.54, 1.807) is 0 Å². The second kappa shape index (κ2) is 4.46. The summed E-state index contributed by atoms with van der Waals surface area (Å²) in [6.07, 6.45) is 7.41. The molecule has 0 fully saturated rings. The lowest BCUT2D eigenvalue weighted by molar-refractivity contribution is 0.922. The minimum atomic E-state index is 0.984. The number of benzene rings is 1. The van der Waals surface area contributed by atoms with E-state index in [4.69, 9.17) is 6.42 Å². The van der Waals surface area contributed by atoms with E-state index >= 15 is 0 Å². The summed E-state index contributed by atoms with van der Waals surface area (Å²) >= 11 is 0. The molecule has 0 amide bonds. The maximum Gasteiger partial charge on any atom is 0.0459 e. The molecule has 0 atom stereocenters. The SMILES string of the molecule is C#CNc1ccc(CCC)cc1. The third kappa shape index (κ3) is 2.32. The van der Waals surface area contributed by atoms with E-state index in [2.05, 4.69) is 30.4 Å². The molecule has 0 aliphatic rings. The van der Waals surface area contributed by atoms with Gasteiger partial charge in [0.05, 0.1) is 0 Å². The topological polar surface area (TPSA) is 12.0 Å². The predicted octanol–water partition coefficient (Wildman–Crippen LogP) is 2.64. The molecule has 0 bridgehead atoms. The highest BCUT2D eigenvalue weighted by molar-refractivity contribution is 5.48. The van der Waals surface area contributed by atoms with Gasteiger partial charge in [-0.05, 0) is 24.1 Å². The molecule has 0 spiro atoms. The van der Waals surface area contributed by atoms with E-state index in [-0.39, 0.29) is 0 Å². The van der Waals surface area contributed by atoms with Crippen LogP contribution < -0.4 is 5.32 Å².